The third-order valence-corrected chi connectivity index (χ3v) is 10.3. The lowest BCUT2D eigenvalue weighted by Crippen LogP contribution is -2.46. The van der Waals surface area contributed by atoms with Crippen LogP contribution < -0.4 is 10.5 Å². The molecule has 1 atom stereocenters. The average Bonchev–Trinajstić information content (AvgIpc) is 3.48. The van der Waals surface area contributed by atoms with Gasteiger partial charge >= 0.3 is 5.97 Å². The van der Waals surface area contributed by atoms with Gasteiger partial charge in [0.05, 0.1) is 17.9 Å². The highest BCUT2D eigenvalue weighted by molar-refractivity contribution is 7.90. The Bertz CT molecular complexity index is 1610. The first-order chi connectivity index (χ1) is 22.0. The van der Waals surface area contributed by atoms with Gasteiger partial charge in [-0.3, -0.25) is 9.59 Å². The Morgan fingerprint density at radius 3 is 2.48 bits per heavy atom. The molecule has 2 N–H and O–H groups in total. The third kappa shape index (κ3) is 8.64. The molecule has 1 saturated heterocycles. The molecular weight excluding hydrogens is 606 g/mol. The molecule has 2 aromatic heterocycles. The number of esters is 1. The van der Waals surface area contributed by atoms with Gasteiger partial charge in [-0.1, -0.05) is 19.9 Å². The van der Waals surface area contributed by atoms with Crippen molar-refractivity contribution < 1.29 is 27.5 Å². The minimum absolute atomic E-state index is 0.0301. The van der Waals surface area contributed by atoms with Crippen LogP contribution in [0.5, 0.6) is 5.75 Å². The fourth-order valence-electron chi connectivity index (χ4n) is 6.43. The number of carbonyl (C=O) groups is 2. The Labute approximate surface area is 271 Å². The van der Waals surface area contributed by atoms with Crippen LogP contribution >= 0.6 is 0 Å². The second-order valence-electron chi connectivity index (χ2n) is 13.2. The van der Waals surface area contributed by atoms with E-state index in [0.29, 0.717) is 50.6 Å². The molecule has 2 aliphatic rings. The van der Waals surface area contributed by atoms with Crippen LogP contribution in [0.4, 0.5) is 0 Å². The molecule has 11 nitrogen and oxygen atoms in total. The fourth-order valence-corrected chi connectivity index (χ4v) is 7.07. The molecule has 5 rings (SSSR count). The first kappa shape index (κ1) is 33.8. The third-order valence-electron chi connectivity index (χ3n) is 9.24. The van der Waals surface area contributed by atoms with Gasteiger partial charge in [0.15, 0.2) is 0 Å². The van der Waals surface area contributed by atoms with Crippen molar-refractivity contribution in [2.24, 2.45) is 23.5 Å². The summed E-state index contributed by atoms with van der Waals surface area (Å²) in [6.07, 6.45) is 10.9. The zero-order chi connectivity index (χ0) is 32.8. The van der Waals surface area contributed by atoms with E-state index in [1.807, 2.05) is 59.8 Å². The lowest BCUT2D eigenvalue weighted by Gasteiger charge is -2.36. The predicted octanol–water partition coefficient (Wildman–Crippen LogP) is 4.10. The first-order valence-corrected chi connectivity index (χ1v) is 18.5. The maximum Gasteiger partial charge on any atom is 0.323 e. The van der Waals surface area contributed by atoms with Crippen LogP contribution in [-0.4, -0.2) is 83.6 Å². The summed E-state index contributed by atoms with van der Waals surface area (Å²) in [5.74, 6) is 2.72. The molecule has 0 unspecified atom stereocenters. The van der Waals surface area contributed by atoms with Crippen LogP contribution in [0.3, 0.4) is 0 Å². The van der Waals surface area contributed by atoms with Gasteiger partial charge in [-0.2, -0.15) is 0 Å². The summed E-state index contributed by atoms with van der Waals surface area (Å²) >= 11 is 0. The Morgan fingerprint density at radius 1 is 1.04 bits per heavy atom. The zero-order valence-corrected chi connectivity index (χ0v) is 28.0. The number of hydrogen-bond acceptors (Lipinski definition) is 9. The molecule has 3 heterocycles. The number of nitrogens with two attached hydrogens (primary N) is 1. The quantitative estimate of drug-likeness (QED) is 0.225. The summed E-state index contributed by atoms with van der Waals surface area (Å²) in [5, 5.41) is 0.936. The molecule has 46 heavy (non-hydrogen) atoms. The Morgan fingerprint density at radius 2 is 1.78 bits per heavy atom. The first-order valence-electron chi connectivity index (χ1n) is 16.5. The molecule has 1 aliphatic heterocycles. The maximum absolute atomic E-state index is 13.3. The molecule has 1 amide bonds. The summed E-state index contributed by atoms with van der Waals surface area (Å²) in [4.78, 5) is 36.9. The van der Waals surface area contributed by atoms with Crippen LogP contribution in [0, 0.1) is 17.8 Å². The maximum atomic E-state index is 13.3. The van der Waals surface area contributed by atoms with E-state index >= 15 is 0 Å². The second-order valence-corrected chi connectivity index (χ2v) is 15.5. The minimum atomic E-state index is -3.02. The Kier molecular flexibility index (Phi) is 11.0. The normalized spacial score (nSPS) is 20.2. The topological polar surface area (TPSA) is 147 Å². The molecule has 1 saturated carbocycles. The van der Waals surface area contributed by atoms with Crippen LogP contribution in [0.1, 0.15) is 64.6 Å². The molecule has 1 aliphatic carbocycles. The molecule has 250 valence electrons. The van der Waals surface area contributed by atoms with Crippen LogP contribution in [0.2, 0.25) is 0 Å². The number of sulfone groups is 1. The largest absolute Gasteiger partial charge is 0.493 e. The highest BCUT2D eigenvalue weighted by Crippen LogP contribution is 2.33. The molecule has 0 radical (unpaired) electrons. The van der Waals surface area contributed by atoms with E-state index < -0.39 is 15.9 Å². The molecule has 3 aromatic rings. The number of aromatic nitrogens is 3. The highest BCUT2D eigenvalue weighted by Gasteiger charge is 2.33. The zero-order valence-electron chi connectivity index (χ0n) is 27.1. The van der Waals surface area contributed by atoms with E-state index in [0.717, 1.165) is 54.6 Å². The molecular formula is C34H47N5O6S. The molecule has 1 aromatic carbocycles. The van der Waals surface area contributed by atoms with Gasteiger partial charge in [-0.25, -0.2) is 18.4 Å². The van der Waals surface area contributed by atoms with E-state index in [2.05, 4.69) is 4.98 Å². The van der Waals surface area contributed by atoms with Crippen molar-refractivity contribution in [3.05, 3.63) is 48.5 Å². The Hall–Kier alpha value is -3.51. The molecule has 0 bridgehead atoms. The number of carbonyl (C=O) groups excluding carboxylic acids is 2. The van der Waals surface area contributed by atoms with Crippen LogP contribution in [0.15, 0.2) is 42.7 Å². The lowest BCUT2D eigenvalue weighted by molar-refractivity contribution is -0.155. The van der Waals surface area contributed by atoms with Gasteiger partial charge < -0.3 is 24.7 Å². The average molecular weight is 654 g/mol. The van der Waals surface area contributed by atoms with Crippen molar-refractivity contribution in [3.8, 4) is 11.6 Å². The molecule has 12 heteroatoms. The van der Waals surface area contributed by atoms with E-state index in [9.17, 15) is 18.0 Å². The van der Waals surface area contributed by atoms with Gasteiger partial charge in [0.25, 0.3) is 0 Å². The van der Waals surface area contributed by atoms with Gasteiger partial charge in [0.2, 0.25) is 5.91 Å². The number of piperidine rings is 1. The monoisotopic (exact) mass is 653 g/mol. The van der Waals surface area contributed by atoms with E-state index in [-0.39, 0.29) is 35.6 Å². The minimum Gasteiger partial charge on any atom is -0.493 e. The predicted molar refractivity (Wildman–Crippen MR) is 176 cm³/mol. The number of hydrogen-bond donors (Lipinski definition) is 1. The number of fused-ring (bicyclic) bond motifs is 1. The van der Waals surface area contributed by atoms with Crippen molar-refractivity contribution in [2.45, 2.75) is 77.4 Å². The van der Waals surface area contributed by atoms with Gasteiger partial charge in [0, 0.05) is 62.3 Å². The van der Waals surface area contributed by atoms with Crippen molar-refractivity contribution in [3.63, 3.8) is 0 Å². The second kappa shape index (κ2) is 14.9. The van der Waals surface area contributed by atoms with Crippen LogP contribution in [-0.2, 0) is 30.6 Å². The van der Waals surface area contributed by atoms with Gasteiger partial charge in [-0.05, 0) is 68.2 Å². The van der Waals surface area contributed by atoms with Crippen molar-refractivity contribution in [2.75, 3.05) is 31.7 Å². The van der Waals surface area contributed by atoms with E-state index in [4.69, 9.17) is 20.2 Å². The van der Waals surface area contributed by atoms with Crippen molar-refractivity contribution in [1.82, 2.24) is 19.4 Å². The summed E-state index contributed by atoms with van der Waals surface area (Å²) in [5.41, 5.74) is 6.88. The number of likely N-dealkylation sites (tertiary alicyclic amines) is 1. The van der Waals surface area contributed by atoms with Gasteiger partial charge in [-0.15, -0.1) is 0 Å². The summed E-state index contributed by atoms with van der Waals surface area (Å²) in [6, 6.07) is 9.09. The van der Waals surface area contributed by atoms with Crippen molar-refractivity contribution >= 4 is 32.6 Å². The molecule has 0 spiro atoms. The number of nitrogens with zero attached hydrogens (tertiary/aromatic N) is 4. The number of ether oxygens (including phenoxy) is 2. The number of benzene rings is 1. The number of amides is 1. The standard InChI is InChI=1S/C34H47N5O6S/c1-23(2)32(35)34(41)45-26-13-17-38(18-14-26)33(40)25-10-8-24(9-11-25)22-30-36-16-12-31(37-30)39-19-15-27-28(39)6-4-7-29(27)44-20-5-21-46(3,42)43/h4,6-7,12,15-16,19,23-26,32H,5,8-11,13-14,17-18,20-22,35H2,1-3H3/t24?,25?,32-/m0/s1. The fraction of sp³-hybridized carbons (Fsp3) is 0.588. The SMILES string of the molecule is CC(C)[C@H](N)C(=O)OC1CCN(C(=O)C2CCC(Cc3nccc(-n4ccc5c(OCCCS(C)(=O)=O)cccc54)n3)CC2)CC1. The van der Waals surface area contributed by atoms with E-state index in [1.54, 1.807) is 6.20 Å². The molecule has 2 fully saturated rings. The smallest absolute Gasteiger partial charge is 0.323 e. The highest BCUT2D eigenvalue weighted by atomic mass is 32.2. The van der Waals surface area contributed by atoms with Crippen molar-refractivity contribution in [1.29, 1.82) is 0 Å². The Balaban J connectivity index is 1.11. The number of rotatable bonds is 12. The summed E-state index contributed by atoms with van der Waals surface area (Å²) in [6.45, 7) is 5.35. The summed E-state index contributed by atoms with van der Waals surface area (Å²) in [7, 11) is -3.02. The van der Waals surface area contributed by atoms with Gasteiger partial charge in [0.1, 0.15) is 39.4 Å². The van der Waals surface area contributed by atoms with E-state index in [1.165, 1.54) is 6.26 Å². The summed E-state index contributed by atoms with van der Waals surface area (Å²) < 4.78 is 36.4. The van der Waals surface area contributed by atoms with Crippen LogP contribution in [0.25, 0.3) is 16.7 Å². The lowest BCUT2D eigenvalue weighted by atomic mass is 9.79.